The predicted molar refractivity (Wildman–Crippen MR) is 152 cm³/mol. The first-order chi connectivity index (χ1) is 18.6. The van der Waals surface area contributed by atoms with Gasteiger partial charge < -0.3 is 15.1 Å². The lowest BCUT2D eigenvalue weighted by atomic mass is 9.90. The number of nitrogens with one attached hydrogen (secondary N) is 1. The number of anilines is 4. The van der Waals surface area contributed by atoms with Gasteiger partial charge in [-0.2, -0.15) is 4.98 Å². The van der Waals surface area contributed by atoms with Crippen LogP contribution in [0, 0.1) is 11.8 Å². The van der Waals surface area contributed by atoms with Crippen molar-refractivity contribution in [2.24, 2.45) is 11.8 Å². The van der Waals surface area contributed by atoms with Gasteiger partial charge in [-0.1, -0.05) is 27.7 Å². The molecule has 0 bridgehead atoms. The second kappa shape index (κ2) is 10.8. The van der Waals surface area contributed by atoms with Crippen LogP contribution in [0.25, 0.3) is 10.8 Å². The van der Waals surface area contributed by atoms with Gasteiger partial charge in [-0.25, -0.2) is 32.7 Å². The van der Waals surface area contributed by atoms with Crippen LogP contribution < -0.4 is 15.1 Å². The summed E-state index contributed by atoms with van der Waals surface area (Å²) in [7, 11) is -3.04. The van der Waals surface area contributed by atoms with E-state index in [1.165, 1.54) is 6.33 Å². The zero-order valence-electron chi connectivity index (χ0n) is 23.2. The summed E-state index contributed by atoms with van der Waals surface area (Å²) in [4.78, 5) is 26.5. The molecule has 0 amide bonds. The molecule has 12 heteroatoms. The molecule has 0 radical (unpaired) electrons. The maximum atomic E-state index is 14.3. The molecule has 2 aliphatic heterocycles. The second-order valence-corrected chi connectivity index (χ2v) is 13.5. The lowest BCUT2D eigenvalue weighted by molar-refractivity contribution is 0.210. The number of piperidine rings is 1. The minimum Gasteiger partial charge on any atom is -0.353 e. The molecule has 10 nitrogen and oxygen atoms in total. The van der Waals surface area contributed by atoms with Gasteiger partial charge in [0.05, 0.1) is 12.3 Å². The van der Waals surface area contributed by atoms with Gasteiger partial charge in [-0.3, -0.25) is 0 Å². The summed E-state index contributed by atoms with van der Waals surface area (Å²) in [6.45, 7) is 11.5. The summed E-state index contributed by atoms with van der Waals surface area (Å²) in [5.41, 5.74) is 1.09. The van der Waals surface area contributed by atoms with Crippen molar-refractivity contribution in [3.8, 4) is 0 Å². The van der Waals surface area contributed by atoms with Crippen LogP contribution >= 0.6 is 0 Å². The Kier molecular flexibility index (Phi) is 7.58. The standard InChI is InChI=1S/C27H37FN8O2S/c1-6-39(37,38)14-19-12-36(18(19)5)25-22-11-29-24(9-20(22)21(10-30-25)16(2)3)33-26-31-15-32-27(34-26)35-8-7-17(4)23(28)13-35/h9-11,15-19,23H,6-8,12-14H2,1-5H3,(H,29,31,32,33,34)/t17-,18-,19-,23-/m1/s1. The normalized spacial score (nSPS) is 23.8. The van der Waals surface area contributed by atoms with Crippen molar-refractivity contribution in [3.63, 3.8) is 0 Å². The van der Waals surface area contributed by atoms with E-state index in [-0.39, 0.29) is 41.8 Å². The van der Waals surface area contributed by atoms with E-state index in [0.717, 1.165) is 28.6 Å². The summed E-state index contributed by atoms with van der Waals surface area (Å²) < 4.78 is 38.6. The quantitative estimate of drug-likeness (QED) is 0.434. The van der Waals surface area contributed by atoms with Crippen molar-refractivity contribution in [3.05, 3.63) is 30.4 Å². The molecule has 0 aliphatic carbocycles. The number of sulfone groups is 1. The summed E-state index contributed by atoms with van der Waals surface area (Å²) in [6, 6.07) is 2.04. The van der Waals surface area contributed by atoms with E-state index in [1.54, 1.807) is 13.1 Å². The number of rotatable bonds is 8. The third-order valence-corrected chi connectivity index (χ3v) is 9.95. The van der Waals surface area contributed by atoms with Crippen molar-refractivity contribution in [2.45, 2.75) is 59.2 Å². The Morgan fingerprint density at radius 3 is 2.59 bits per heavy atom. The highest BCUT2D eigenvalue weighted by Crippen LogP contribution is 2.38. The highest BCUT2D eigenvalue weighted by Gasteiger charge is 2.39. The molecule has 0 unspecified atom stereocenters. The highest BCUT2D eigenvalue weighted by molar-refractivity contribution is 7.91. The minimum absolute atomic E-state index is 0.0338. The topological polar surface area (TPSA) is 117 Å². The molecule has 0 saturated carbocycles. The SMILES string of the molecule is CCS(=O)(=O)C[C@H]1CN(c2ncc(C(C)C)c3cc(Nc4ncnc(N5CC[C@@H](C)[C@H](F)C5)n4)ncc23)[C@@H]1C. The van der Waals surface area contributed by atoms with E-state index in [2.05, 4.69) is 50.9 Å². The first-order valence-corrected chi connectivity index (χ1v) is 15.5. The molecular weight excluding hydrogens is 519 g/mol. The van der Waals surface area contributed by atoms with Gasteiger partial charge in [-0.15, -0.1) is 0 Å². The summed E-state index contributed by atoms with van der Waals surface area (Å²) in [6.07, 6.45) is 4.98. The van der Waals surface area contributed by atoms with Crippen LogP contribution in [-0.2, 0) is 9.84 Å². The second-order valence-electron chi connectivity index (χ2n) is 11.1. The lowest BCUT2D eigenvalue weighted by Gasteiger charge is -2.47. The smallest absolute Gasteiger partial charge is 0.233 e. The Bertz CT molecular complexity index is 1450. The Hall–Kier alpha value is -3.15. The molecule has 2 aliphatic rings. The van der Waals surface area contributed by atoms with Crippen molar-refractivity contribution < 1.29 is 12.8 Å². The third kappa shape index (κ3) is 5.61. The van der Waals surface area contributed by atoms with Crippen LogP contribution in [0.3, 0.4) is 0 Å². The van der Waals surface area contributed by atoms with E-state index in [1.807, 2.05) is 24.1 Å². The van der Waals surface area contributed by atoms with Crippen LogP contribution in [0.5, 0.6) is 0 Å². The molecule has 0 aromatic carbocycles. The lowest BCUT2D eigenvalue weighted by Crippen LogP contribution is -2.57. The van der Waals surface area contributed by atoms with Crippen LogP contribution in [0.1, 0.15) is 52.5 Å². The third-order valence-electron chi connectivity index (χ3n) is 8.14. The number of aromatic nitrogens is 5. The average molecular weight is 557 g/mol. The molecule has 5 heterocycles. The largest absolute Gasteiger partial charge is 0.353 e. The molecule has 1 N–H and O–H groups in total. The van der Waals surface area contributed by atoms with Crippen LogP contribution in [-0.4, -0.2) is 76.7 Å². The molecule has 2 fully saturated rings. The Balaban J connectivity index is 1.40. The maximum Gasteiger partial charge on any atom is 0.233 e. The van der Waals surface area contributed by atoms with E-state index in [4.69, 9.17) is 4.98 Å². The monoisotopic (exact) mass is 556 g/mol. The molecule has 39 heavy (non-hydrogen) atoms. The number of nitrogens with zero attached hydrogens (tertiary/aromatic N) is 7. The van der Waals surface area contributed by atoms with Crippen molar-refractivity contribution in [1.82, 2.24) is 24.9 Å². The van der Waals surface area contributed by atoms with Crippen LogP contribution in [0.4, 0.5) is 27.9 Å². The van der Waals surface area contributed by atoms with Gasteiger partial charge >= 0.3 is 0 Å². The summed E-state index contributed by atoms with van der Waals surface area (Å²) >= 11 is 0. The van der Waals surface area contributed by atoms with Gasteiger partial charge in [0.1, 0.15) is 34.0 Å². The number of pyridine rings is 2. The molecule has 3 aromatic rings. The highest BCUT2D eigenvalue weighted by atomic mass is 32.2. The number of halogens is 1. The van der Waals surface area contributed by atoms with E-state index >= 15 is 0 Å². The van der Waals surface area contributed by atoms with Gasteiger partial charge in [-0.05, 0) is 42.2 Å². The van der Waals surface area contributed by atoms with Gasteiger partial charge in [0.15, 0.2) is 0 Å². The average Bonchev–Trinajstić information content (AvgIpc) is 2.91. The molecule has 4 atom stereocenters. The first kappa shape index (κ1) is 27.4. The number of hydrogen-bond donors (Lipinski definition) is 1. The number of fused-ring (bicyclic) bond motifs is 1. The predicted octanol–water partition coefficient (Wildman–Crippen LogP) is 4.13. The van der Waals surface area contributed by atoms with Crippen LogP contribution in [0.15, 0.2) is 24.8 Å². The first-order valence-electron chi connectivity index (χ1n) is 13.7. The maximum absolute atomic E-state index is 14.3. The van der Waals surface area contributed by atoms with Crippen molar-refractivity contribution in [1.29, 1.82) is 0 Å². The fraction of sp³-hybridized carbons (Fsp3) is 0.593. The zero-order valence-corrected chi connectivity index (χ0v) is 24.0. The molecular formula is C27H37FN8O2S. The molecule has 2 saturated heterocycles. The molecule has 210 valence electrons. The van der Waals surface area contributed by atoms with Gasteiger partial charge in [0.25, 0.3) is 0 Å². The molecule has 3 aromatic heterocycles. The Morgan fingerprint density at radius 1 is 1.10 bits per heavy atom. The van der Waals surface area contributed by atoms with Crippen molar-refractivity contribution in [2.75, 3.05) is 46.3 Å². The zero-order chi connectivity index (χ0) is 27.9. The molecule has 0 spiro atoms. The number of hydrogen-bond acceptors (Lipinski definition) is 10. The van der Waals surface area contributed by atoms with Gasteiger partial charge in [0.2, 0.25) is 11.9 Å². The fourth-order valence-electron chi connectivity index (χ4n) is 5.32. The fourth-order valence-corrected chi connectivity index (χ4v) is 6.59. The summed E-state index contributed by atoms with van der Waals surface area (Å²) in [5.74, 6) is 2.90. The van der Waals surface area contributed by atoms with Crippen molar-refractivity contribution >= 4 is 44.1 Å². The number of alkyl halides is 1. The van der Waals surface area contributed by atoms with E-state index in [9.17, 15) is 12.8 Å². The summed E-state index contributed by atoms with van der Waals surface area (Å²) in [5, 5.41) is 5.13. The Morgan fingerprint density at radius 2 is 1.90 bits per heavy atom. The minimum atomic E-state index is -3.04. The van der Waals surface area contributed by atoms with Gasteiger partial charge in [0, 0.05) is 48.6 Å². The van der Waals surface area contributed by atoms with Crippen LogP contribution in [0.2, 0.25) is 0 Å². The van der Waals surface area contributed by atoms with E-state index in [0.29, 0.717) is 30.8 Å². The van der Waals surface area contributed by atoms with E-state index < -0.39 is 16.0 Å². The molecule has 5 rings (SSSR count). The Labute approximate surface area is 229 Å².